The molecule has 2 rings (SSSR count). The predicted octanol–water partition coefficient (Wildman–Crippen LogP) is 3.46. The molecule has 0 aliphatic heterocycles. The molecule has 0 bridgehead atoms. The Hall–Kier alpha value is -2.43. The Labute approximate surface area is 101 Å². The summed E-state index contributed by atoms with van der Waals surface area (Å²) in [5.41, 5.74) is -0.443. The molecule has 18 heavy (non-hydrogen) atoms. The summed E-state index contributed by atoms with van der Waals surface area (Å²) in [6.07, 6.45) is 0. The van der Waals surface area contributed by atoms with Gasteiger partial charge in [0.1, 0.15) is 23.1 Å². The molecule has 0 aromatic heterocycles. The maximum atomic E-state index is 13.3. The third-order valence-corrected chi connectivity index (χ3v) is 2.20. The lowest BCUT2D eigenvalue weighted by Gasteiger charge is -2.06. The van der Waals surface area contributed by atoms with Gasteiger partial charge in [0, 0.05) is 12.1 Å². The van der Waals surface area contributed by atoms with Crippen molar-refractivity contribution in [2.24, 2.45) is 0 Å². The summed E-state index contributed by atoms with van der Waals surface area (Å²) in [6.45, 7) is 0. The van der Waals surface area contributed by atoms with Crippen molar-refractivity contribution < 1.29 is 23.4 Å². The lowest BCUT2D eigenvalue weighted by molar-refractivity contribution is 0.0692. The summed E-state index contributed by atoms with van der Waals surface area (Å²) >= 11 is 0. The average Bonchev–Trinajstić information content (AvgIpc) is 2.28. The van der Waals surface area contributed by atoms with E-state index in [1.807, 2.05) is 0 Å². The minimum absolute atomic E-state index is 0.100. The van der Waals surface area contributed by atoms with E-state index >= 15 is 0 Å². The first-order chi connectivity index (χ1) is 8.56. The van der Waals surface area contributed by atoms with Crippen LogP contribution in [0.25, 0.3) is 0 Å². The van der Waals surface area contributed by atoms with E-state index in [2.05, 4.69) is 0 Å². The van der Waals surface area contributed by atoms with Crippen molar-refractivity contribution in [3.8, 4) is 11.5 Å². The number of carboxylic acids is 1. The highest BCUT2D eigenvalue weighted by Gasteiger charge is 2.11. The van der Waals surface area contributed by atoms with Crippen LogP contribution in [0.5, 0.6) is 11.5 Å². The van der Waals surface area contributed by atoms with Crippen LogP contribution < -0.4 is 4.74 Å². The Morgan fingerprint density at radius 3 is 2.39 bits per heavy atom. The number of hydrogen-bond donors (Lipinski definition) is 1. The van der Waals surface area contributed by atoms with Gasteiger partial charge in [0.25, 0.3) is 0 Å². The van der Waals surface area contributed by atoms with Gasteiger partial charge in [0.05, 0.1) is 5.56 Å². The molecule has 0 heterocycles. The molecule has 5 heteroatoms. The third-order valence-electron chi connectivity index (χ3n) is 2.20. The normalized spacial score (nSPS) is 10.1. The second-order valence-corrected chi connectivity index (χ2v) is 3.51. The third kappa shape index (κ3) is 2.63. The number of halogens is 2. The van der Waals surface area contributed by atoms with Crippen molar-refractivity contribution in [2.75, 3.05) is 0 Å². The minimum atomic E-state index is -1.36. The number of aromatic carboxylic acids is 1. The SMILES string of the molecule is O=C(O)c1ccc(Oc2cccc(F)c2)cc1F. The van der Waals surface area contributed by atoms with Crippen LogP contribution in [-0.2, 0) is 0 Å². The first kappa shape index (κ1) is 12.0. The molecule has 0 aliphatic rings. The van der Waals surface area contributed by atoms with Crippen molar-refractivity contribution in [3.63, 3.8) is 0 Å². The van der Waals surface area contributed by atoms with Gasteiger partial charge in [-0.05, 0) is 24.3 Å². The van der Waals surface area contributed by atoms with Crippen LogP contribution in [0, 0.1) is 11.6 Å². The van der Waals surface area contributed by atoms with Crippen molar-refractivity contribution in [1.29, 1.82) is 0 Å². The molecule has 2 aromatic rings. The molecule has 0 amide bonds. The lowest BCUT2D eigenvalue weighted by atomic mass is 10.2. The minimum Gasteiger partial charge on any atom is -0.478 e. The second-order valence-electron chi connectivity index (χ2n) is 3.51. The molecule has 0 aliphatic carbocycles. The highest BCUT2D eigenvalue weighted by atomic mass is 19.1. The zero-order valence-electron chi connectivity index (χ0n) is 9.06. The zero-order valence-corrected chi connectivity index (χ0v) is 9.06. The first-order valence-electron chi connectivity index (χ1n) is 5.02. The van der Waals surface area contributed by atoms with Crippen molar-refractivity contribution >= 4 is 5.97 Å². The standard InChI is InChI=1S/C13H8F2O3/c14-8-2-1-3-9(6-8)18-10-4-5-11(13(16)17)12(15)7-10/h1-7H,(H,16,17). The number of hydrogen-bond acceptors (Lipinski definition) is 2. The summed E-state index contributed by atoms with van der Waals surface area (Å²) in [5, 5.41) is 8.65. The van der Waals surface area contributed by atoms with E-state index in [-0.39, 0.29) is 11.5 Å². The Balaban J connectivity index is 2.25. The van der Waals surface area contributed by atoms with Gasteiger partial charge >= 0.3 is 5.97 Å². The molecule has 1 N–H and O–H groups in total. The van der Waals surface area contributed by atoms with Gasteiger partial charge in [-0.1, -0.05) is 6.07 Å². The highest BCUT2D eigenvalue weighted by Crippen LogP contribution is 2.23. The second kappa shape index (κ2) is 4.83. The average molecular weight is 250 g/mol. The maximum Gasteiger partial charge on any atom is 0.338 e. The molecule has 0 saturated carbocycles. The molecule has 0 fully saturated rings. The van der Waals surface area contributed by atoms with E-state index in [0.29, 0.717) is 0 Å². The van der Waals surface area contributed by atoms with Crippen LogP contribution in [0.1, 0.15) is 10.4 Å². The van der Waals surface area contributed by atoms with Crippen molar-refractivity contribution in [2.45, 2.75) is 0 Å². The smallest absolute Gasteiger partial charge is 0.338 e. The Bertz CT molecular complexity index is 597. The lowest BCUT2D eigenvalue weighted by Crippen LogP contribution is -2.00. The van der Waals surface area contributed by atoms with Crippen LogP contribution in [0.3, 0.4) is 0 Å². The van der Waals surface area contributed by atoms with E-state index < -0.39 is 23.2 Å². The fraction of sp³-hybridized carbons (Fsp3) is 0. The molecule has 0 saturated heterocycles. The topological polar surface area (TPSA) is 46.5 Å². The van der Waals surface area contributed by atoms with Gasteiger partial charge < -0.3 is 9.84 Å². The fourth-order valence-corrected chi connectivity index (χ4v) is 1.40. The van der Waals surface area contributed by atoms with Gasteiger partial charge in [-0.3, -0.25) is 0 Å². The summed E-state index contributed by atoms with van der Waals surface area (Å²) in [6, 6.07) is 8.68. The number of ether oxygens (including phenoxy) is 1. The number of carboxylic acid groups (broad SMARTS) is 1. The van der Waals surface area contributed by atoms with Gasteiger partial charge in [-0.15, -0.1) is 0 Å². The molecule has 2 aromatic carbocycles. The summed E-state index contributed by atoms with van der Waals surface area (Å²) < 4.78 is 31.4. The fourth-order valence-electron chi connectivity index (χ4n) is 1.40. The van der Waals surface area contributed by atoms with Crippen LogP contribution in [0.15, 0.2) is 42.5 Å². The van der Waals surface area contributed by atoms with Crippen molar-refractivity contribution in [3.05, 3.63) is 59.7 Å². The molecule has 3 nitrogen and oxygen atoms in total. The Morgan fingerprint density at radius 1 is 1.06 bits per heavy atom. The van der Waals surface area contributed by atoms with E-state index in [1.54, 1.807) is 0 Å². The van der Waals surface area contributed by atoms with E-state index in [9.17, 15) is 13.6 Å². The summed E-state index contributed by atoms with van der Waals surface area (Å²) in [7, 11) is 0. The maximum absolute atomic E-state index is 13.3. The van der Waals surface area contributed by atoms with Crippen LogP contribution in [-0.4, -0.2) is 11.1 Å². The van der Waals surface area contributed by atoms with Crippen LogP contribution in [0.4, 0.5) is 8.78 Å². The first-order valence-corrected chi connectivity index (χ1v) is 5.02. The highest BCUT2D eigenvalue weighted by molar-refractivity contribution is 5.88. The molecular weight excluding hydrogens is 242 g/mol. The number of benzene rings is 2. The largest absolute Gasteiger partial charge is 0.478 e. The summed E-state index contributed by atoms with van der Waals surface area (Å²) in [5.74, 6) is -2.43. The number of carbonyl (C=O) groups is 1. The Morgan fingerprint density at radius 2 is 1.78 bits per heavy atom. The van der Waals surface area contributed by atoms with E-state index in [1.165, 1.54) is 24.3 Å². The molecule has 0 radical (unpaired) electrons. The van der Waals surface area contributed by atoms with E-state index in [4.69, 9.17) is 9.84 Å². The monoisotopic (exact) mass is 250 g/mol. The molecule has 92 valence electrons. The molecule has 0 atom stereocenters. The van der Waals surface area contributed by atoms with Gasteiger partial charge in [-0.2, -0.15) is 0 Å². The summed E-state index contributed by atoms with van der Waals surface area (Å²) in [4.78, 5) is 10.6. The molecule has 0 unspecified atom stereocenters. The Kier molecular flexibility index (Phi) is 3.23. The molecular formula is C13H8F2O3. The van der Waals surface area contributed by atoms with Gasteiger partial charge in [0.2, 0.25) is 0 Å². The number of rotatable bonds is 3. The molecule has 0 spiro atoms. The predicted molar refractivity (Wildman–Crippen MR) is 59.8 cm³/mol. The van der Waals surface area contributed by atoms with Crippen molar-refractivity contribution in [1.82, 2.24) is 0 Å². The van der Waals surface area contributed by atoms with Gasteiger partial charge in [0.15, 0.2) is 0 Å². The van der Waals surface area contributed by atoms with Crippen LogP contribution in [0.2, 0.25) is 0 Å². The van der Waals surface area contributed by atoms with Crippen LogP contribution >= 0.6 is 0 Å². The van der Waals surface area contributed by atoms with Gasteiger partial charge in [-0.25, -0.2) is 13.6 Å². The quantitative estimate of drug-likeness (QED) is 0.907. The zero-order chi connectivity index (χ0) is 13.1. The van der Waals surface area contributed by atoms with E-state index in [0.717, 1.165) is 18.2 Å².